The molecule has 2 nitrogen and oxygen atoms in total. The van der Waals surface area contributed by atoms with Crippen LogP contribution in [0.25, 0.3) is 0 Å². The molecule has 0 fully saturated rings. The van der Waals surface area contributed by atoms with Crippen LogP contribution in [0.5, 0.6) is 0 Å². The maximum atomic E-state index is 3.48. The lowest BCUT2D eigenvalue weighted by molar-refractivity contribution is 0.437. The van der Waals surface area contributed by atoms with Gasteiger partial charge in [0.15, 0.2) is 0 Å². The summed E-state index contributed by atoms with van der Waals surface area (Å²) < 4.78 is 0. The Balaban J connectivity index is 2.63. The van der Waals surface area contributed by atoms with Crippen LogP contribution in [0.15, 0.2) is 29.2 Å². The standard InChI is InChI=1S/C14H24N2S/c1-5-15-12(2)13-8-6-7-9-14(13)17-11-10-16(3)4/h6-9,12,15H,5,10-11H2,1-4H3. The van der Waals surface area contributed by atoms with Crippen molar-refractivity contribution >= 4 is 11.8 Å². The molecule has 0 aliphatic heterocycles. The van der Waals surface area contributed by atoms with Crippen LogP contribution >= 0.6 is 11.8 Å². The van der Waals surface area contributed by atoms with Gasteiger partial charge in [0.2, 0.25) is 0 Å². The fourth-order valence-corrected chi connectivity index (χ4v) is 2.99. The molecule has 1 unspecified atom stereocenters. The predicted octanol–water partition coefficient (Wildman–Crippen LogP) is 3.01. The third-order valence-corrected chi connectivity index (χ3v) is 3.76. The largest absolute Gasteiger partial charge is 0.310 e. The molecule has 1 N–H and O–H groups in total. The van der Waals surface area contributed by atoms with Crippen LogP contribution in [0.4, 0.5) is 0 Å². The predicted molar refractivity (Wildman–Crippen MR) is 77.8 cm³/mol. The van der Waals surface area contributed by atoms with E-state index in [1.165, 1.54) is 10.5 Å². The van der Waals surface area contributed by atoms with Crippen LogP contribution in [0.3, 0.4) is 0 Å². The Morgan fingerprint density at radius 2 is 2.00 bits per heavy atom. The molecule has 0 bridgehead atoms. The first-order chi connectivity index (χ1) is 8.15. The second-order valence-electron chi connectivity index (χ2n) is 4.47. The summed E-state index contributed by atoms with van der Waals surface area (Å²) >= 11 is 1.95. The number of nitrogens with zero attached hydrogens (tertiary/aromatic N) is 1. The molecule has 0 spiro atoms. The molecule has 1 aromatic rings. The maximum Gasteiger partial charge on any atom is 0.0302 e. The van der Waals surface area contributed by atoms with Gasteiger partial charge in [-0.1, -0.05) is 25.1 Å². The Kier molecular flexibility index (Phi) is 6.63. The monoisotopic (exact) mass is 252 g/mol. The third-order valence-electron chi connectivity index (χ3n) is 2.69. The molecule has 1 atom stereocenters. The molecule has 0 aliphatic carbocycles. The van der Waals surface area contributed by atoms with Crippen LogP contribution < -0.4 is 5.32 Å². The second kappa shape index (κ2) is 7.75. The van der Waals surface area contributed by atoms with Gasteiger partial charge in [0.05, 0.1) is 0 Å². The summed E-state index contributed by atoms with van der Waals surface area (Å²) in [6.07, 6.45) is 0. The van der Waals surface area contributed by atoms with Crippen LogP contribution in [-0.2, 0) is 0 Å². The van der Waals surface area contributed by atoms with Gasteiger partial charge in [-0.2, -0.15) is 0 Å². The quantitative estimate of drug-likeness (QED) is 0.751. The van der Waals surface area contributed by atoms with E-state index in [0.29, 0.717) is 6.04 Å². The molecule has 0 heterocycles. The van der Waals surface area contributed by atoms with E-state index in [1.54, 1.807) is 0 Å². The fraction of sp³-hybridized carbons (Fsp3) is 0.571. The summed E-state index contributed by atoms with van der Waals surface area (Å²) in [6, 6.07) is 9.14. The van der Waals surface area contributed by atoms with E-state index in [1.807, 2.05) is 11.8 Å². The molecule has 0 amide bonds. The highest BCUT2D eigenvalue weighted by molar-refractivity contribution is 7.99. The minimum absolute atomic E-state index is 0.433. The summed E-state index contributed by atoms with van der Waals surface area (Å²) in [7, 11) is 4.24. The highest BCUT2D eigenvalue weighted by Crippen LogP contribution is 2.27. The lowest BCUT2D eigenvalue weighted by Gasteiger charge is -2.17. The van der Waals surface area contributed by atoms with E-state index in [2.05, 4.69) is 62.4 Å². The lowest BCUT2D eigenvalue weighted by Crippen LogP contribution is -2.18. The Bertz CT molecular complexity index is 326. The van der Waals surface area contributed by atoms with Gasteiger partial charge in [0, 0.05) is 23.2 Å². The number of benzene rings is 1. The van der Waals surface area contributed by atoms with Crippen molar-refractivity contribution in [1.29, 1.82) is 0 Å². The molecule has 0 aromatic heterocycles. The van der Waals surface area contributed by atoms with Gasteiger partial charge in [-0.05, 0) is 39.2 Å². The molecule has 1 rings (SSSR count). The summed E-state index contributed by atoms with van der Waals surface area (Å²) in [5.74, 6) is 1.14. The number of hydrogen-bond acceptors (Lipinski definition) is 3. The van der Waals surface area contributed by atoms with Crippen molar-refractivity contribution in [2.75, 3.05) is 32.9 Å². The summed E-state index contributed by atoms with van der Waals surface area (Å²) in [4.78, 5) is 3.63. The second-order valence-corrected chi connectivity index (χ2v) is 5.61. The van der Waals surface area contributed by atoms with Gasteiger partial charge >= 0.3 is 0 Å². The van der Waals surface area contributed by atoms with Crippen LogP contribution in [-0.4, -0.2) is 37.8 Å². The summed E-state index contributed by atoms with van der Waals surface area (Å²) in [5.41, 5.74) is 1.41. The maximum absolute atomic E-state index is 3.48. The number of thioether (sulfide) groups is 1. The van der Waals surface area contributed by atoms with Crippen molar-refractivity contribution in [2.45, 2.75) is 24.8 Å². The topological polar surface area (TPSA) is 15.3 Å². The molecule has 0 radical (unpaired) electrons. The van der Waals surface area contributed by atoms with E-state index in [9.17, 15) is 0 Å². The molecule has 96 valence electrons. The van der Waals surface area contributed by atoms with E-state index < -0.39 is 0 Å². The first kappa shape index (κ1) is 14.6. The molecular formula is C14H24N2S. The SMILES string of the molecule is CCNC(C)c1ccccc1SCCN(C)C. The smallest absolute Gasteiger partial charge is 0.0302 e. The van der Waals surface area contributed by atoms with Crippen molar-refractivity contribution in [3.05, 3.63) is 29.8 Å². The fourth-order valence-electron chi connectivity index (χ4n) is 1.72. The molecular weight excluding hydrogens is 228 g/mol. The summed E-state index contributed by atoms with van der Waals surface area (Å²) in [5, 5.41) is 3.48. The first-order valence-electron chi connectivity index (χ1n) is 6.25. The number of nitrogens with one attached hydrogen (secondary N) is 1. The van der Waals surface area contributed by atoms with Crippen LogP contribution in [0.1, 0.15) is 25.5 Å². The molecule has 3 heteroatoms. The number of rotatable bonds is 7. The van der Waals surface area contributed by atoms with E-state index >= 15 is 0 Å². The van der Waals surface area contributed by atoms with Crippen LogP contribution in [0, 0.1) is 0 Å². The third kappa shape index (κ3) is 5.11. The van der Waals surface area contributed by atoms with Crippen LogP contribution in [0.2, 0.25) is 0 Å². The average Bonchev–Trinajstić information content (AvgIpc) is 2.29. The van der Waals surface area contributed by atoms with E-state index in [0.717, 1.165) is 18.8 Å². The van der Waals surface area contributed by atoms with Crippen molar-refractivity contribution in [3.63, 3.8) is 0 Å². The molecule has 0 saturated heterocycles. The van der Waals surface area contributed by atoms with Crippen molar-refractivity contribution in [3.8, 4) is 0 Å². The molecule has 1 aromatic carbocycles. The van der Waals surface area contributed by atoms with Gasteiger partial charge in [-0.25, -0.2) is 0 Å². The van der Waals surface area contributed by atoms with Crippen molar-refractivity contribution < 1.29 is 0 Å². The zero-order valence-corrected chi connectivity index (χ0v) is 12.2. The summed E-state index contributed by atoms with van der Waals surface area (Å²) in [6.45, 7) is 6.51. The molecule has 17 heavy (non-hydrogen) atoms. The van der Waals surface area contributed by atoms with E-state index in [-0.39, 0.29) is 0 Å². The highest BCUT2D eigenvalue weighted by atomic mass is 32.2. The minimum atomic E-state index is 0.433. The van der Waals surface area contributed by atoms with Gasteiger partial charge < -0.3 is 10.2 Å². The normalized spacial score (nSPS) is 13.0. The Morgan fingerprint density at radius 3 is 2.65 bits per heavy atom. The van der Waals surface area contributed by atoms with Crippen molar-refractivity contribution in [1.82, 2.24) is 10.2 Å². The molecule has 0 aliphatic rings. The zero-order chi connectivity index (χ0) is 12.7. The lowest BCUT2D eigenvalue weighted by atomic mass is 10.1. The Hall–Kier alpha value is -0.510. The zero-order valence-electron chi connectivity index (χ0n) is 11.4. The van der Waals surface area contributed by atoms with Crippen molar-refractivity contribution in [2.24, 2.45) is 0 Å². The minimum Gasteiger partial charge on any atom is -0.310 e. The highest BCUT2D eigenvalue weighted by Gasteiger charge is 2.09. The molecule has 0 saturated carbocycles. The number of hydrogen-bond donors (Lipinski definition) is 1. The van der Waals surface area contributed by atoms with Gasteiger partial charge in [-0.15, -0.1) is 11.8 Å². The Labute approximate surface area is 110 Å². The average molecular weight is 252 g/mol. The Morgan fingerprint density at radius 1 is 1.29 bits per heavy atom. The van der Waals surface area contributed by atoms with E-state index in [4.69, 9.17) is 0 Å². The van der Waals surface area contributed by atoms with Gasteiger partial charge in [0.25, 0.3) is 0 Å². The first-order valence-corrected chi connectivity index (χ1v) is 7.23. The van der Waals surface area contributed by atoms with Gasteiger partial charge in [0.1, 0.15) is 0 Å². The van der Waals surface area contributed by atoms with Gasteiger partial charge in [-0.3, -0.25) is 0 Å².